The third kappa shape index (κ3) is 2.74. The number of aryl methyl sites for hydroxylation is 2. The number of carboxylic acids is 1. The maximum atomic E-state index is 11.0. The van der Waals surface area contributed by atoms with Crippen LogP contribution in [-0.4, -0.2) is 32.6 Å². The van der Waals surface area contributed by atoms with E-state index < -0.39 is 5.97 Å². The predicted octanol–water partition coefficient (Wildman–Crippen LogP) is 0.782. The number of rotatable bonds is 6. The van der Waals surface area contributed by atoms with Gasteiger partial charge in [0.05, 0.1) is 5.69 Å². The van der Waals surface area contributed by atoms with Gasteiger partial charge >= 0.3 is 5.97 Å². The molecule has 3 N–H and O–H groups in total. The monoisotopic (exact) mass is 266 g/mol. The molecule has 2 aromatic rings. The van der Waals surface area contributed by atoms with Crippen LogP contribution in [0.3, 0.4) is 0 Å². The van der Waals surface area contributed by atoms with Crippen molar-refractivity contribution in [3.05, 3.63) is 33.8 Å². The maximum absolute atomic E-state index is 11.0. The van der Waals surface area contributed by atoms with Crippen LogP contribution in [0.15, 0.2) is 16.8 Å². The Labute approximate surface area is 108 Å². The van der Waals surface area contributed by atoms with Crippen LogP contribution in [0.5, 0.6) is 0 Å². The Kier molecular flexibility index (Phi) is 4.06. The highest BCUT2D eigenvalue weighted by atomic mass is 32.1. The molecule has 96 valence electrons. The van der Waals surface area contributed by atoms with Gasteiger partial charge in [-0.1, -0.05) is 5.21 Å². The number of carboxylic acid groups (broad SMARTS) is 1. The average Bonchev–Trinajstić information content (AvgIpc) is 2.95. The third-order valence-corrected chi connectivity index (χ3v) is 3.35. The van der Waals surface area contributed by atoms with E-state index in [1.165, 1.54) is 5.56 Å². The first kappa shape index (κ1) is 12.7. The topological polar surface area (TPSA) is 94.0 Å². The van der Waals surface area contributed by atoms with Crippen molar-refractivity contribution in [2.45, 2.75) is 19.4 Å². The van der Waals surface area contributed by atoms with E-state index in [1.807, 2.05) is 11.4 Å². The van der Waals surface area contributed by atoms with Gasteiger partial charge in [-0.25, -0.2) is 9.48 Å². The maximum Gasteiger partial charge on any atom is 0.358 e. The second-order valence-electron chi connectivity index (χ2n) is 3.83. The van der Waals surface area contributed by atoms with Crippen molar-refractivity contribution in [3.8, 4) is 0 Å². The molecule has 0 unspecified atom stereocenters. The van der Waals surface area contributed by atoms with Crippen LogP contribution in [0.1, 0.15) is 21.7 Å². The Morgan fingerprint density at radius 1 is 1.50 bits per heavy atom. The van der Waals surface area contributed by atoms with Gasteiger partial charge in [-0.15, -0.1) is 5.10 Å². The van der Waals surface area contributed by atoms with Gasteiger partial charge in [-0.3, -0.25) is 0 Å². The SMILES string of the molecule is NCCc1c(C(=O)O)nnn1CCc1ccsc1. The Bertz CT molecular complexity index is 521. The molecule has 0 saturated heterocycles. The average molecular weight is 266 g/mol. The van der Waals surface area contributed by atoms with Crippen LogP contribution >= 0.6 is 11.3 Å². The number of aromatic nitrogens is 3. The van der Waals surface area contributed by atoms with Gasteiger partial charge < -0.3 is 10.8 Å². The second kappa shape index (κ2) is 5.74. The quantitative estimate of drug-likeness (QED) is 0.805. The summed E-state index contributed by atoms with van der Waals surface area (Å²) in [6.45, 7) is 0.998. The minimum absolute atomic E-state index is 0.00534. The van der Waals surface area contributed by atoms with Crippen molar-refractivity contribution in [1.29, 1.82) is 0 Å². The number of aromatic carboxylic acids is 1. The van der Waals surface area contributed by atoms with Crippen molar-refractivity contribution in [2.75, 3.05) is 6.54 Å². The number of nitrogens with zero attached hydrogens (tertiary/aromatic N) is 3. The van der Waals surface area contributed by atoms with E-state index in [-0.39, 0.29) is 5.69 Å². The van der Waals surface area contributed by atoms with Gasteiger partial charge in [0.25, 0.3) is 0 Å². The lowest BCUT2D eigenvalue weighted by molar-refractivity contribution is 0.0689. The molecule has 0 bridgehead atoms. The summed E-state index contributed by atoms with van der Waals surface area (Å²) in [4.78, 5) is 11.0. The molecule has 0 fully saturated rings. The zero-order valence-electron chi connectivity index (χ0n) is 9.74. The van der Waals surface area contributed by atoms with Gasteiger partial charge in [-0.05, 0) is 35.4 Å². The first-order valence-corrected chi connectivity index (χ1v) is 6.53. The highest BCUT2D eigenvalue weighted by Crippen LogP contribution is 2.10. The summed E-state index contributed by atoms with van der Waals surface area (Å²) in [7, 11) is 0. The molecule has 2 rings (SSSR count). The van der Waals surface area contributed by atoms with Crippen molar-refractivity contribution < 1.29 is 9.90 Å². The van der Waals surface area contributed by atoms with Gasteiger partial charge in [0.1, 0.15) is 0 Å². The minimum Gasteiger partial charge on any atom is -0.476 e. The standard InChI is InChI=1S/C11H14N4O2S/c12-4-1-9-10(11(16)17)13-14-15(9)5-2-8-3-6-18-7-8/h3,6-7H,1-2,4-5,12H2,(H,16,17). The molecule has 18 heavy (non-hydrogen) atoms. The summed E-state index contributed by atoms with van der Waals surface area (Å²) in [5, 5.41) is 20.7. The molecule has 7 heteroatoms. The van der Waals surface area contributed by atoms with E-state index in [0.717, 1.165) is 6.42 Å². The summed E-state index contributed by atoms with van der Waals surface area (Å²) in [5.41, 5.74) is 7.30. The van der Waals surface area contributed by atoms with E-state index in [4.69, 9.17) is 10.8 Å². The lowest BCUT2D eigenvalue weighted by Crippen LogP contribution is -2.14. The first-order valence-electron chi connectivity index (χ1n) is 5.59. The van der Waals surface area contributed by atoms with Crippen molar-refractivity contribution in [2.24, 2.45) is 5.73 Å². The summed E-state index contributed by atoms with van der Waals surface area (Å²) in [6.07, 6.45) is 1.28. The summed E-state index contributed by atoms with van der Waals surface area (Å²) in [6, 6.07) is 2.04. The number of thiophene rings is 1. The van der Waals surface area contributed by atoms with Gasteiger partial charge in [0.15, 0.2) is 5.69 Å². The Morgan fingerprint density at radius 2 is 2.33 bits per heavy atom. The second-order valence-corrected chi connectivity index (χ2v) is 4.61. The largest absolute Gasteiger partial charge is 0.476 e. The molecule has 0 atom stereocenters. The smallest absolute Gasteiger partial charge is 0.358 e. The molecule has 0 spiro atoms. The van der Waals surface area contributed by atoms with E-state index in [9.17, 15) is 4.79 Å². The minimum atomic E-state index is -1.06. The molecule has 2 heterocycles. The highest BCUT2D eigenvalue weighted by Gasteiger charge is 2.17. The molecule has 0 aliphatic heterocycles. The van der Waals surface area contributed by atoms with Crippen LogP contribution < -0.4 is 5.73 Å². The van der Waals surface area contributed by atoms with Crippen LogP contribution in [0.25, 0.3) is 0 Å². The van der Waals surface area contributed by atoms with Gasteiger partial charge in [0.2, 0.25) is 0 Å². The predicted molar refractivity (Wildman–Crippen MR) is 67.8 cm³/mol. The molecular weight excluding hydrogens is 252 g/mol. The summed E-state index contributed by atoms with van der Waals surface area (Å²) in [5.74, 6) is -1.06. The van der Waals surface area contributed by atoms with Crippen LogP contribution in [-0.2, 0) is 19.4 Å². The van der Waals surface area contributed by atoms with E-state index in [1.54, 1.807) is 16.0 Å². The number of hydrogen-bond acceptors (Lipinski definition) is 5. The third-order valence-electron chi connectivity index (χ3n) is 2.61. The molecule has 0 radical (unpaired) electrons. The van der Waals surface area contributed by atoms with Crippen LogP contribution in [0.2, 0.25) is 0 Å². The number of nitrogens with two attached hydrogens (primary N) is 1. The van der Waals surface area contributed by atoms with E-state index in [0.29, 0.717) is 25.2 Å². The molecule has 0 saturated carbocycles. The Balaban J connectivity index is 2.14. The highest BCUT2D eigenvalue weighted by molar-refractivity contribution is 7.07. The van der Waals surface area contributed by atoms with Crippen molar-refractivity contribution in [3.63, 3.8) is 0 Å². The Hall–Kier alpha value is -1.73. The zero-order valence-corrected chi connectivity index (χ0v) is 10.6. The molecule has 0 amide bonds. The molecule has 2 aromatic heterocycles. The van der Waals surface area contributed by atoms with E-state index >= 15 is 0 Å². The fraction of sp³-hybridized carbons (Fsp3) is 0.364. The van der Waals surface area contributed by atoms with Gasteiger partial charge in [-0.2, -0.15) is 11.3 Å². The number of carbonyl (C=O) groups is 1. The zero-order chi connectivity index (χ0) is 13.0. The van der Waals surface area contributed by atoms with Crippen LogP contribution in [0, 0.1) is 0 Å². The summed E-state index contributed by atoms with van der Waals surface area (Å²) >= 11 is 1.64. The van der Waals surface area contributed by atoms with Crippen molar-refractivity contribution >= 4 is 17.3 Å². The summed E-state index contributed by atoms with van der Waals surface area (Å²) < 4.78 is 1.63. The van der Waals surface area contributed by atoms with Crippen molar-refractivity contribution in [1.82, 2.24) is 15.0 Å². The molecule has 0 aromatic carbocycles. The Morgan fingerprint density at radius 3 is 2.94 bits per heavy atom. The number of hydrogen-bond donors (Lipinski definition) is 2. The van der Waals surface area contributed by atoms with E-state index in [2.05, 4.69) is 15.7 Å². The lowest BCUT2D eigenvalue weighted by Gasteiger charge is -2.05. The van der Waals surface area contributed by atoms with Gasteiger partial charge in [0, 0.05) is 13.0 Å². The molecular formula is C11H14N4O2S. The molecule has 0 aliphatic carbocycles. The molecule has 0 aliphatic rings. The lowest BCUT2D eigenvalue weighted by atomic mass is 10.2. The van der Waals surface area contributed by atoms with Crippen LogP contribution in [0.4, 0.5) is 0 Å². The first-order chi connectivity index (χ1) is 8.72. The fourth-order valence-corrected chi connectivity index (χ4v) is 2.44. The fourth-order valence-electron chi connectivity index (χ4n) is 1.73. The normalized spacial score (nSPS) is 10.7. The molecule has 6 nitrogen and oxygen atoms in total.